The summed E-state index contributed by atoms with van der Waals surface area (Å²) in [5.74, 6) is -0.0915. The van der Waals surface area contributed by atoms with Crippen LogP contribution in [-0.2, 0) is 4.79 Å². The molecule has 0 spiro atoms. The van der Waals surface area contributed by atoms with Crippen molar-refractivity contribution in [2.75, 3.05) is 32.0 Å². The summed E-state index contributed by atoms with van der Waals surface area (Å²) in [4.78, 5) is 26.2. The zero-order chi connectivity index (χ0) is 19.1. The lowest BCUT2D eigenvalue weighted by Gasteiger charge is -2.32. The number of piperidine rings is 1. The molecule has 1 heterocycles. The molecule has 7 heteroatoms. The van der Waals surface area contributed by atoms with Crippen molar-refractivity contribution in [1.29, 1.82) is 0 Å². The molecule has 0 unspecified atom stereocenters. The smallest absolute Gasteiger partial charge is 0.253 e. The summed E-state index contributed by atoms with van der Waals surface area (Å²) in [7, 11) is 1.95. The van der Waals surface area contributed by atoms with E-state index in [-0.39, 0.29) is 35.8 Å². The third-order valence-electron chi connectivity index (χ3n) is 4.79. The van der Waals surface area contributed by atoms with Crippen LogP contribution in [0.3, 0.4) is 0 Å². The monoisotopic (exact) mass is 399 g/mol. The summed E-state index contributed by atoms with van der Waals surface area (Å²) < 4.78 is 14.3. The molecule has 152 valence electrons. The Bertz CT molecular complexity index is 632. The molecule has 1 aliphatic heterocycles. The van der Waals surface area contributed by atoms with Gasteiger partial charge in [-0.1, -0.05) is 13.8 Å². The van der Waals surface area contributed by atoms with Gasteiger partial charge in [-0.3, -0.25) is 9.59 Å². The van der Waals surface area contributed by atoms with Crippen molar-refractivity contribution in [3.63, 3.8) is 0 Å². The highest BCUT2D eigenvalue weighted by molar-refractivity contribution is 5.96. The van der Waals surface area contributed by atoms with Crippen LogP contribution in [0.2, 0.25) is 0 Å². The Morgan fingerprint density at radius 2 is 1.93 bits per heavy atom. The zero-order valence-corrected chi connectivity index (χ0v) is 17.2. The van der Waals surface area contributed by atoms with Gasteiger partial charge in [0.05, 0.1) is 5.69 Å². The first-order chi connectivity index (χ1) is 12.4. The largest absolute Gasteiger partial charge is 0.339 e. The molecule has 1 aromatic rings. The Morgan fingerprint density at radius 3 is 2.48 bits per heavy atom. The fraction of sp³-hybridized carbons (Fsp3) is 0.600. The average Bonchev–Trinajstić information content (AvgIpc) is 2.61. The Labute approximate surface area is 167 Å². The van der Waals surface area contributed by atoms with Crippen molar-refractivity contribution >= 4 is 29.9 Å². The number of carbonyl (C=O) groups is 2. The van der Waals surface area contributed by atoms with Crippen LogP contribution in [0.25, 0.3) is 0 Å². The van der Waals surface area contributed by atoms with Gasteiger partial charge in [-0.05, 0) is 62.9 Å². The Morgan fingerprint density at radius 1 is 1.26 bits per heavy atom. The number of amides is 2. The molecule has 0 bridgehead atoms. The van der Waals surface area contributed by atoms with Gasteiger partial charge >= 0.3 is 0 Å². The lowest BCUT2D eigenvalue weighted by atomic mass is 9.93. The lowest BCUT2D eigenvalue weighted by molar-refractivity contribution is -0.116. The summed E-state index contributed by atoms with van der Waals surface area (Å²) in [6.07, 6.45) is 3.43. The highest BCUT2D eigenvalue weighted by Crippen LogP contribution is 2.23. The maximum atomic E-state index is 14.3. The Kier molecular flexibility index (Phi) is 9.74. The van der Waals surface area contributed by atoms with Crippen molar-refractivity contribution in [2.24, 2.45) is 11.8 Å². The minimum atomic E-state index is -0.572. The number of hydrogen-bond donors (Lipinski definition) is 2. The highest BCUT2D eigenvalue weighted by Gasteiger charge is 2.24. The highest BCUT2D eigenvalue weighted by atomic mass is 35.5. The standard InChI is InChI=1S/C20H30FN3O2.ClH/c1-14(2)12-19(25)23-18-5-4-16(13-17(18)21)20(26)24-10-7-15(8-11-24)6-9-22-3;/h4-5,13-15,22H,6-12H2,1-3H3,(H,23,25);1H. The molecule has 2 N–H and O–H groups in total. The molecule has 0 radical (unpaired) electrons. The minimum Gasteiger partial charge on any atom is -0.339 e. The van der Waals surface area contributed by atoms with E-state index in [1.165, 1.54) is 12.1 Å². The van der Waals surface area contributed by atoms with Crippen LogP contribution in [0.1, 0.15) is 49.9 Å². The molecule has 2 rings (SSSR count). The van der Waals surface area contributed by atoms with Gasteiger partial charge in [0.15, 0.2) is 0 Å². The summed E-state index contributed by atoms with van der Waals surface area (Å²) >= 11 is 0. The predicted molar refractivity (Wildman–Crippen MR) is 109 cm³/mol. The Hall–Kier alpha value is -1.66. The quantitative estimate of drug-likeness (QED) is 0.735. The number of halogens is 2. The third-order valence-corrected chi connectivity index (χ3v) is 4.79. The van der Waals surface area contributed by atoms with Crippen LogP contribution in [0.5, 0.6) is 0 Å². The second kappa shape index (κ2) is 11.2. The van der Waals surface area contributed by atoms with Crippen molar-refractivity contribution in [3.8, 4) is 0 Å². The fourth-order valence-electron chi connectivity index (χ4n) is 3.28. The molecule has 0 aliphatic carbocycles. The Balaban J connectivity index is 0.00000364. The number of carbonyl (C=O) groups excluding carboxylic acids is 2. The molecule has 27 heavy (non-hydrogen) atoms. The van der Waals surface area contributed by atoms with E-state index in [1.807, 2.05) is 20.9 Å². The third kappa shape index (κ3) is 7.11. The van der Waals surface area contributed by atoms with Gasteiger partial charge in [-0.25, -0.2) is 4.39 Å². The van der Waals surface area contributed by atoms with Gasteiger partial charge in [-0.15, -0.1) is 12.4 Å². The zero-order valence-electron chi connectivity index (χ0n) is 16.4. The van der Waals surface area contributed by atoms with Crippen molar-refractivity contribution in [1.82, 2.24) is 10.2 Å². The molecule has 5 nitrogen and oxygen atoms in total. The first-order valence-electron chi connectivity index (χ1n) is 9.44. The first kappa shape index (κ1) is 23.4. The number of anilines is 1. The predicted octanol–water partition coefficient (Wildman–Crippen LogP) is 3.69. The second-order valence-corrected chi connectivity index (χ2v) is 7.47. The van der Waals surface area contributed by atoms with Crippen LogP contribution < -0.4 is 10.6 Å². The molecule has 1 aliphatic rings. The van der Waals surface area contributed by atoms with Gasteiger partial charge in [0.1, 0.15) is 5.82 Å². The van der Waals surface area contributed by atoms with E-state index in [4.69, 9.17) is 0 Å². The van der Waals surface area contributed by atoms with E-state index < -0.39 is 5.82 Å². The normalized spacial score (nSPS) is 14.8. The summed E-state index contributed by atoms with van der Waals surface area (Å²) in [5, 5.41) is 5.73. The molecular formula is C20H31ClFN3O2. The van der Waals surface area contributed by atoms with Gasteiger partial charge in [0.2, 0.25) is 5.91 Å². The summed E-state index contributed by atoms with van der Waals surface area (Å²) in [5.41, 5.74) is 0.455. The van der Waals surface area contributed by atoms with Crippen LogP contribution in [0.4, 0.5) is 10.1 Å². The molecule has 1 aromatic carbocycles. The van der Waals surface area contributed by atoms with Crippen LogP contribution in [0, 0.1) is 17.7 Å². The van der Waals surface area contributed by atoms with E-state index in [1.54, 1.807) is 11.0 Å². The maximum Gasteiger partial charge on any atom is 0.253 e. The number of nitrogens with zero attached hydrogens (tertiary/aromatic N) is 1. The van der Waals surface area contributed by atoms with E-state index in [0.29, 0.717) is 31.0 Å². The number of benzene rings is 1. The molecule has 0 saturated carbocycles. The van der Waals surface area contributed by atoms with Crippen molar-refractivity contribution in [2.45, 2.75) is 39.5 Å². The van der Waals surface area contributed by atoms with Gasteiger partial charge in [0.25, 0.3) is 5.91 Å². The van der Waals surface area contributed by atoms with E-state index in [9.17, 15) is 14.0 Å². The van der Waals surface area contributed by atoms with E-state index in [2.05, 4.69) is 10.6 Å². The van der Waals surface area contributed by atoms with Gasteiger partial charge in [-0.2, -0.15) is 0 Å². The van der Waals surface area contributed by atoms with Gasteiger partial charge < -0.3 is 15.5 Å². The average molecular weight is 400 g/mol. The number of hydrogen-bond acceptors (Lipinski definition) is 3. The summed E-state index contributed by atoms with van der Waals surface area (Å²) in [6.45, 7) is 6.27. The number of nitrogens with one attached hydrogen (secondary N) is 2. The first-order valence-corrected chi connectivity index (χ1v) is 9.44. The van der Waals surface area contributed by atoms with Crippen molar-refractivity contribution in [3.05, 3.63) is 29.6 Å². The topological polar surface area (TPSA) is 61.4 Å². The molecule has 1 fully saturated rings. The van der Waals surface area contributed by atoms with E-state index >= 15 is 0 Å². The molecule has 2 amide bonds. The van der Waals surface area contributed by atoms with E-state index in [0.717, 1.165) is 25.8 Å². The van der Waals surface area contributed by atoms with Gasteiger partial charge in [0, 0.05) is 25.1 Å². The molecular weight excluding hydrogens is 369 g/mol. The molecule has 1 saturated heterocycles. The fourth-order valence-corrected chi connectivity index (χ4v) is 3.28. The number of likely N-dealkylation sites (tertiary alicyclic amines) is 1. The number of rotatable bonds is 7. The van der Waals surface area contributed by atoms with Crippen LogP contribution in [0.15, 0.2) is 18.2 Å². The lowest BCUT2D eigenvalue weighted by Crippen LogP contribution is -2.39. The molecule has 0 atom stereocenters. The van der Waals surface area contributed by atoms with Crippen LogP contribution in [-0.4, -0.2) is 43.4 Å². The van der Waals surface area contributed by atoms with Crippen molar-refractivity contribution < 1.29 is 14.0 Å². The second-order valence-electron chi connectivity index (χ2n) is 7.47. The summed E-state index contributed by atoms with van der Waals surface area (Å²) in [6, 6.07) is 4.28. The van der Waals surface area contributed by atoms with Crippen LogP contribution >= 0.6 is 12.4 Å². The maximum absolute atomic E-state index is 14.3. The SMILES string of the molecule is CNCCC1CCN(C(=O)c2ccc(NC(=O)CC(C)C)c(F)c2)CC1.Cl. The minimum absolute atomic E-state index is 0. The molecule has 0 aromatic heterocycles.